The first-order valence-electron chi connectivity index (χ1n) is 15.1. The zero-order valence-corrected chi connectivity index (χ0v) is 25.7. The van der Waals surface area contributed by atoms with Gasteiger partial charge in [-0.05, 0) is 53.7 Å². The molecule has 0 spiro atoms. The van der Waals surface area contributed by atoms with Gasteiger partial charge in [0, 0.05) is 12.7 Å². The molecule has 1 heterocycles. The van der Waals surface area contributed by atoms with Crippen LogP contribution in [0.15, 0.2) is 134 Å². The molecule has 3 nitrogen and oxygen atoms in total. The summed E-state index contributed by atoms with van der Waals surface area (Å²) >= 11 is 0. The molecule has 0 aliphatic carbocycles. The number of rotatable bonds is 12. The maximum Gasteiger partial charge on any atom is 0.254 e. The van der Waals surface area contributed by atoms with Gasteiger partial charge in [-0.15, -0.1) is 0 Å². The second kappa shape index (κ2) is 13.4. The third kappa shape index (κ3) is 6.05. The average Bonchev–Trinajstić information content (AvgIpc) is 3.52. The molecule has 1 saturated heterocycles. The predicted octanol–water partition coefficient (Wildman–Crippen LogP) is 7.48. The third-order valence-corrected chi connectivity index (χ3v) is 12.2. The van der Waals surface area contributed by atoms with Crippen LogP contribution >= 0.6 is 0 Å². The smallest absolute Gasteiger partial charge is 0.254 e. The number of nitrogens with zero attached hydrogens (tertiary/aromatic N) is 1. The summed E-state index contributed by atoms with van der Waals surface area (Å²) in [6, 6.07) is 43.6. The lowest BCUT2D eigenvalue weighted by Gasteiger charge is -2.48. The Morgan fingerprint density at radius 3 is 1.68 bits per heavy atom. The van der Waals surface area contributed by atoms with E-state index in [0.717, 1.165) is 32.2 Å². The molecule has 0 amide bonds. The molecule has 4 aromatic rings. The number of benzene rings is 4. The Morgan fingerprint density at radius 2 is 1.22 bits per heavy atom. The highest BCUT2D eigenvalue weighted by Crippen LogP contribution is 2.45. The van der Waals surface area contributed by atoms with E-state index in [2.05, 4.69) is 153 Å². The van der Waals surface area contributed by atoms with E-state index < -0.39 is 13.9 Å². The van der Waals surface area contributed by atoms with Gasteiger partial charge in [-0.2, -0.15) is 0 Å². The van der Waals surface area contributed by atoms with Crippen LogP contribution in [0.5, 0.6) is 0 Å². The zero-order chi connectivity index (χ0) is 28.5. The molecule has 1 fully saturated rings. The monoisotopic (exact) mass is 561 g/mol. The van der Waals surface area contributed by atoms with Crippen LogP contribution in [-0.2, 0) is 14.8 Å². The summed E-state index contributed by atoms with van der Waals surface area (Å²) in [7, 11) is -2.74. The maximum absolute atomic E-state index is 7.98. The summed E-state index contributed by atoms with van der Waals surface area (Å²) in [5, 5.41) is 2.53. The molecule has 0 radical (unpaired) electrons. The quantitative estimate of drug-likeness (QED) is 0.132. The molecule has 1 aliphatic heterocycles. The van der Waals surface area contributed by atoms with E-state index in [1.54, 1.807) is 0 Å². The van der Waals surface area contributed by atoms with Crippen LogP contribution in [0.4, 0.5) is 0 Å². The Balaban J connectivity index is 1.71. The topological polar surface area (TPSA) is 21.7 Å². The standard InChI is InChI=1S/C37H43NO2Si/c1-4-33(5-2)39-30-29-38-28-18-27-36(38)37(31-19-10-6-11-20-31,32-21-12-7-13-22-32)40-41(3,34-23-14-8-15-24-34)35-25-16-9-17-26-35/h6-17,19-26,29-30,33,36H,4-5,18,27-28H2,1-3H3/b30-29-/t36-/m0/s1. The number of hydrogen-bond donors (Lipinski definition) is 0. The second-order valence-corrected chi connectivity index (χ2v) is 14.5. The van der Waals surface area contributed by atoms with E-state index in [9.17, 15) is 0 Å². The van der Waals surface area contributed by atoms with Crippen LogP contribution in [0.2, 0.25) is 6.55 Å². The van der Waals surface area contributed by atoms with E-state index in [0.29, 0.717) is 0 Å². The summed E-state index contributed by atoms with van der Waals surface area (Å²) < 4.78 is 14.1. The lowest BCUT2D eigenvalue weighted by molar-refractivity contribution is 0.0298. The minimum atomic E-state index is -2.74. The number of likely N-dealkylation sites (tertiary alicyclic amines) is 1. The van der Waals surface area contributed by atoms with Gasteiger partial charge in [-0.25, -0.2) is 0 Å². The lowest BCUT2D eigenvalue weighted by Crippen LogP contribution is -2.65. The van der Waals surface area contributed by atoms with Gasteiger partial charge in [0.05, 0.1) is 18.4 Å². The molecule has 1 atom stereocenters. The van der Waals surface area contributed by atoms with Crippen LogP contribution in [-0.4, -0.2) is 31.9 Å². The fourth-order valence-electron chi connectivity index (χ4n) is 6.34. The van der Waals surface area contributed by atoms with Gasteiger partial charge in [0.1, 0.15) is 5.60 Å². The first kappa shape index (κ1) is 28.9. The first-order valence-corrected chi connectivity index (χ1v) is 17.5. The van der Waals surface area contributed by atoms with E-state index in [4.69, 9.17) is 9.16 Å². The molecule has 4 heteroatoms. The number of ether oxygens (including phenoxy) is 1. The Morgan fingerprint density at radius 1 is 0.756 bits per heavy atom. The Hall–Kier alpha value is -3.60. The zero-order valence-electron chi connectivity index (χ0n) is 24.7. The fourth-order valence-corrected chi connectivity index (χ4v) is 9.58. The van der Waals surface area contributed by atoms with Crippen molar-refractivity contribution in [2.24, 2.45) is 0 Å². The highest BCUT2D eigenvalue weighted by molar-refractivity contribution is 6.96. The van der Waals surface area contributed by atoms with Gasteiger partial charge in [0.2, 0.25) is 0 Å². The van der Waals surface area contributed by atoms with Crippen molar-refractivity contribution in [1.82, 2.24) is 4.90 Å². The normalized spacial score (nSPS) is 16.0. The summed E-state index contributed by atoms with van der Waals surface area (Å²) in [6.07, 6.45) is 8.45. The van der Waals surface area contributed by atoms with Crippen LogP contribution in [0.1, 0.15) is 50.7 Å². The van der Waals surface area contributed by atoms with Crippen molar-refractivity contribution in [3.05, 3.63) is 145 Å². The highest BCUT2D eigenvalue weighted by atomic mass is 28.4. The molecule has 212 valence electrons. The molecular formula is C37H43NO2Si. The molecule has 5 rings (SSSR count). The number of hydrogen-bond acceptors (Lipinski definition) is 3. The van der Waals surface area contributed by atoms with E-state index in [1.807, 2.05) is 6.26 Å². The van der Waals surface area contributed by atoms with E-state index >= 15 is 0 Å². The molecule has 41 heavy (non-hydrogen) atoms. The van der Waals surface area contributed by atoms with Crippen molar-refractivity contribution < 1.29 is 9.16 Å². The molecule has 0 bridgehead atoms. The summed E-state index contributed by atoms with van der Waals surface area (Å²) in [6.45, 7) is 7.70. The van der Waals surface area contributed by atoms with Gasteiger partial charge in [-0.3, -0.25) is 0 Å². The summed E-state index contributed by atoms with van der Waals surface area (Å²) in [5.74, 6) is 0. The molecule has 4 aromatic carbocycles. The van der Waals surface area contributed by atoms with Gasteiger partial charge in [0.15, 0.2) is 0 Å². The van der Waals surface area contributed by atoms with Crippen LogP contribution in [0, 0.1) is 0 Å². The maximum atomic E-state index is 7.98. The third-order valence-electron chi connectivity index (χ3n) is 8.62. The van der Waals surface area contributed by atoms with Gasteiger partial charge >= 0.3 is 0 Å². The Bertz CT molecular complexity index is 1280. The molecule has 0 unspecified atom stereocenters. The van der Waals surface area contributed by atoms with Crippen LogP contribution < -0.4 is 10.4 Å². The molecule has 0 aromatic heterocycles. The van der Waals surface area contributed by atoms with Crippen molar-refractivity contribution >= 4 is 18.7 Å². The highest BCUT2D eigenvalue weighted by Gasteiger charge is 2.52. The van der Waals surface area contributed by atoms with Crippen molar-refractivity contribution in [2.75, 3.05) is 6.54 Å². The van der Waals surface area contributed by atoms with Crippen molar-refractivity contribution in [3.63, 3.8) is 0 Å². The summed E-state index contributed by atoms with van der Waals surface area (Å²) in [5.41, 5.74) is 1.66. The van der Waals surface area contributed by atoms with Gasteiger partial charge in [-0.1, -0.05) is 135 Å². The van der Waals surface area contributed by atoms with Crippen molar-refractivity contribution in [3.8, 4) is 0 Å². The van der Waals surface area contributed by atoms with Crippen molar-refractivity contribution in [2.45, 2.75) is 63.8 Å². The molecule has 0 N–H and O–H groups in total. The van der Waals surface area contributed by atoms with Crippen LogP contribution in [0.3, 0.4) is 0 Å². The minimum absolute atomic E-state index is 0.0908. The first-order chi connectivity index (χ1) is 20.1. The average molecular weight is 562 g/mol. The lowest BCUT2D eigenvalue weighted by atomic mass is 9.79. The largest absolute Gasteiger partial charge is 0.497 e. The predicted molar refractivity (Wildman–Crippen MR) is 173 cm³/mol. The Kier molecular flexibility index (Phi) is 9.43. The van der Waals surface area contributed by atoms with Gasteiger partial charge in [0.25, 0.3) is 8.32 Å². The second-order valence-electron chi connectivity index (χ2n) is 11.1. The van der Waals surface area contributed by atoms with Gasteiger partial charge < -0.3 is 14.1 Å². The molecular weight excluding hydrogens is 518 g/mol. The van der Waals surface area contributed by atoms with Crippen molar-refractivity contribution in [1.29, 1.82) is 0 Å². The minimum Gasteiger partial charge on any atom is -0.497 e. The molecule has 1 aliphatic rings. The SMILES string of the molecule is CCC(CC)O/C=C\N1CCC[C@H]1C(O[Si](C)(c1ccccc1)c1ccccc1)(c1ccccc1)c1ccccc1. The van der Waals surface area contributed by atoms with E-state index in [-0.39, 0.29) is 12.1 Å². The van der Waals surface area contributed by atoms with E-state index in [1.165, 1.54) is 21.5 Å². The fraction of sp³-hybridized carbons (Fsp3) is 0.297. The molecule has 0 saturated carbocycles. The Labute approximate surface area is 247 Å². The summed E-state index contributed by atoms with van der Waals surface area (Å²) in [4.78, 5) is 2.47. The van der Waals surface area contributed by atoms with Crippen LogP contribution in [0.25, 0.3) is 0 Å².